The Morgan fingerprint density at radius 3 is 2.89 bits per heavy atom. The molecule has 35 heavy (non-hydrogen) atoms. The number of anilines is 2. The van der Waals surface area contributed by atoms with Gasteiger partial charge in [0, 0.05) is 53.9 Å². The first-order valence-electron chi connectivity index (χ1n) is 12.1. The van der Waals surface area contributed by atoms with Crippen LogP contribution in [0.1, 0.15) is 29.7 Å². The summed E-state index contributed by atoms with van der Waals surface area (Å²) in [7, 11) is 4.26. The second kappa shape index (κ2) is 9.04. The number of halogens is 1. The zero-order valence-corrected chi connectivity index (χ0v) is 21.4. The third kappa shape index (κ3) is 4.26. The van der Waals surface area contributed by atoms with Crippen molar-refractivity contribution in [3.63, 3.8) is 0 Å². The summed E-state index contributed by atoms with van der Waals surface area (Å²) in [4.78, 5) is 29.2. The van der Waals surface area contributed by atoms with E-state index in [-0.39, 0.29) is 5.92 Å². The maximum atomic E-state index is 13.3. The molecule has 1 amide bonds. The van der Waals surface area contributed by atoms with Crippen LogP contribution in [0.3, 0.4) is 0 Å². The number of fused-ring (bicyclic) bond motifs is 4. The smallest absolute Gasteiger partial charge is 0.228 e. The number of rotatable bonds is 4. The monoisotopic (exact) mass is 509 g/mol. The Morgan fingerprint density at radius 1 is 1.26 bits per heavy atom. The Hall–Kier alpha value is -2.75. The van der Waals surface area contributed by atoms with Crippen LogP contribution in [0.15, 0.2) is 30.7 Å². The van der Waals surface area contributed by atoms with E-state index >= 15 is 0 Å². The first-order valence-corrected chi connectivity index (χ1v) is 13.3. The fourth-order valence-corrected chi connectivity index (χ4v) is 6.82. The van der Waals surface area contributed by atoms with Gasteiger partial charge in [0.05, 0.1) is 16.2 Å². The van der Waals surface area contributed by atoms with Gasteiger partial charge in [0.15, 0.2) is 0 Å². The summed E-state index contributed by atoms with van der Waals surface area (Å²) in [6, 6.07) is 4.43. The molecule has 1 fully saturated rings. The number of carbonyl (C=O) groups is 1. The number of amides is 1. The number of piperidine rings is 1. The third-order valence-corrected chi connectivity index (χ3v) is 8.86. The van der Waals surface area contributed by atoms with Crippen molar-refractivity contribution < 1.29 is 4.79 Å². The van der Waals surface area contributed by atoms with E-state index in [1.807, 2.05) is 18.3 Å². The molecule has 1 unspecified atom stereocenters. The maximum Gasteiger partial charge on any atom is 0.228 e. The number of nitrogens with one attached hydrogen (secondary N) is 1. The van der Waals surface area contributed by atoms with Crippen LogP contribution in [0.4, 0.5) is 11.6 Å². The summed E-state index contributed by atoms with van der Waals surface area (Å²) in [6.07, 6.45) is 10.1. The van der Waals surface area contributed by atoms with Gasteiger partial charge < -0.3 is 15.1 Å². The van der Waals surface area contributed by atoms with Gasteiger partial charge in [0.1, 0.15) is 4.83 Å². The molecule has 0 saturated carbocycles. The molecule has 5 heterocycles. The van der Waals surface area contributed by atoms with Gasteiger partial charge in [0.2, 0.25) is 11.9 Å². The Balaban J connectivity index is 1.19. The van der Waals surface area contributed by atoms with Crippen LogP contribution in [-0.2, 0) is 17.6 Å². The predicted octanol–water partition coefficient (Wildman–Crippen LogP) is 4.39. The fourth-order valence-electron chi connectivity index (χ4n) is 5.35. The highest BCUT2D eigenvalue weighted by Crippen LogP contribution is 2.38. The number of carbonyl (C=O) groups excluding carboxylic acids is 1. The van der Waals surface area contributed by atoms with Gasteiger partial charge in [-0.15, -0.1) is 11.3 Å². The lowest BCUT2D eigenvalue weighted by Gasteiger charge is -2.37. The van der Waals surface area contributed by atoms with Gasteiger partial charge >= 0.3 is 0 Å². The quantitative estimate of drug-likeness (QED) is 0.439. The lowest BCUT2D eigenvalue weighted by atomic mass is 9.86. The zero-order chi connectivity index (χ0) is 24.1. The number of pyridine rings is 1. The average molecular weight is 510 g/mol. The van der Waals surface area contributed by atoms with Gasteiger partial charge in [-0.05, 0) is 63.9 Å². The SMILES string of the molecule is CN(C)C1CCN(C(=O)C2CCc3c(sc4nc(Nc5cc6ccnn6cc5Cl)ncc34)C2)CC1. The van der Waals surface area contributed by atoms with Gasteiger partial charge in [0.25, 0.3) is 0 Å². The van der Waals surface area contributed by atoms with Crippen molar-refractivity contribution >= 4 is 56.2 Å². The third-order valence-electron chi connectivity index (χ3n) is 7.40. The topological polar surface area (TPSA) is 78.7 Å². The first-order chi connectivity index (χ1) is 17.0. The largest absolute Gasteiger partial charge is 0.342 e. The highest BCUT2D eigenvalue weighted by Gasteiger charge is 2.33. The molecule has 1 aliphatic carbocycles. The van der Waals surface area contributed by atoms with E-state index in [2.05, 4.69) is 39.3 Å². The van der Waals surface area contributed by atoms with Crippen LogP contribution in [0, 0.1) is 5.92 Å². The van der Waals surface area contributed by atoms with E-state index in [9.17, 15) is 4.79 Å². The molecule has 1 atom stereocenters. The molecular weight excluding hydrogens is 482 g/mol. The van der Waals surface area contributed by atoms with Crippen LogP contribution >= 0.6 is 22.9 Å². The number of likely N-dealkylation sites (tertiary alicyclic amines) is 1. The summed E-state index contributed by atoms with van der Waals surface area (Å²) in [5.74, 6) is 0.903. The van der Waals surface area contributed by atoms with Crippen molar-refractivity contribution in [3.8, 4) is 0 Å². The van der Waals surface area contributed by atoms with E-state index in [4.69, 9.17) is 16.6 Å². The van der Waals surface area contributed by atoms with E-state index in [0.717, 1.165) is 66.6 Å². The lowest BCUT2D eigenvalue weighted by molar-refractivity contribution is -0.137. The molecule has 1 saturated heterocycles. The summed E-state index contributed by atoms with van der Waals surface area (Å²) in [6.45, 7) is 1.73. The van der Waals surface area contributed by atoms with Gasteiger partial charge in [-0.1, -0.05) is 11.6 Å². The maximum absolute atomic E-state index is 13.3. The minimum atomic E-state index is 0.0678. The fraction of sp³-hybridized carbons (Fsp3) is 0.440. The Kier molecular flexibility index (Phi) is 5.86. The number of thiophene rings is 1. The molecule has 8 nitrogen and oxygen atoms in total. The zero-order valence-electron chi connectivity index (χ0n) is 19.9. The average Bonchev–Trinajstić information content (AvgIpc) is 3.46. The normalized spacial score (nSPS) is 19.0. The molecule has 2 aliphatic rings. The van der Waals surface area contributed by atoms with Crippen molar-refractivity contribution in [2.45, 2.75) is 38.1 Å². The molecule has 10 heteroatoms. The summed E-state index contributed by atoms with van der Waals surface area (Å²) >= 11 is 8.12. The van der Waals surface area contributed by atoms with E-state index in [1.165, 1.54) is 10.4 Å². The van der Waals surface area contributed by atoms with Crippen LogP contribution in [-0.4, -0.2) is 68.5 Å². The summed E-state index contributed by atoms with van der Waals surface area (Å²) in [5.41, 5.74) is 2.99. The number of aromatic nitrogens is 4. The van der Waals surface area contributed by atoms with Crippen LogP contribution in [0.5, 0.6) is 0 Å². The number of nitrogens with zero attached hydrogens (tertiary/aromatic N) is 6. The van der Waals surface area contributed by atoms with Gasteiger partial charge in [-0.3, -0.25) is 4.79 Å². The predicted molar refractivity (Wildman–Crippen MR) is 140 cm³/mol. The lowest BCUT2D eigenvalue weighted by Crippen LogP contribution is -2.47. The molecule has 0 spiro atoms. The standard InChI is InChI=1S/C25H28ClN7OS/c1-31(2)16-6-9-32(10-7-16)24(34)15-3-4-18-19-13-27-25(30-23(19)35-22(18)11-15)29-21-12-17-5-8-28-33(17)14-20(21)26/h5,8,12-16H,3-4,6-7,9-11H2,1-2H3,(H,27,29,30). The second-order valence-corrected chi connectivity index (χ2v) is 11.2. The van der Waals surface area contributed by atoms with Crippen molar-refractivity contribution in [2.75, 3.05) is 32.5 Å². The van der Waals surface area contributed by atoms with Crippen LogP contribution < -0.4 is 5.32 Å². The molecule has 182 valence electrons. The molecule has 4 aromatic rings. The van der Waals surface area contributed by atoms with Crippen molar-refractivity contribution in [1.29, 1.82) is 0 Å². The first kappa shape index (κ1) is 22.7. The van der Waals surface area contributed by atoms with Crippen molar-refractivity contribution in [1.82, 2.24) is 29.4 Å². The second-order valence-electron chi connectivity index (χ2n) is 9.74. The summed E-state index contributed by atoms with van der Waals surface area (Å²) in [5, 5.41) is 9.12. The van der Waals surface area contributed by atoms with E-state index in [0.29, 0.717) is 22.9 Å². The molecule has 0 bridgehead atoms. The number of hydrogen-bond acceptors (Lipinski definition) is 7. The van der Waals surface area contributed by atoms with Crippen molar-refractivity contribution in [2.24, 2.45) is 5.92 Å². The number of aryl methyl sites for hydroxylation is 1. The Bertz CT molecular complexity index is 1410. The molecule has 6 rings (SSSR count). The minimum absolute atomic E-state index is 0.0678. The van der Waals surface area contributed by atoms with E-state index in [1.54, 1.807) is 28.2 Å². The molecule has 0 radical (unpaired) electrons. The Labute approximate surface area is 212 Å². The number of hydrogen-bond donors (Lipinski definition) is 1. The molecular formula is C25H28ClN7OS. The van der Waals surface area contributed by atoms with Gasteiger partial charge in [-0.2, -0.15) is 5.10 Å². The summed E-state index contributed by atoms with van der Waals surface area (Å²) < 4.78 is 1.73. The molecule has 4 aromatic heterocycles. The highest BCUT2D eigenvalue weighted by molar-refractivity contribution is 7.18. The molecule has 0 aromatic carbocycles. The highest BCUT2D eigenvalue weighted by atomic mass is 35.5. The molecule has 1 N–H and O–H groups in total. The van der Waals surface area contributed by atoms with Gasteiger partial charge in [-0.25, -0.2) is 14.5 Å². The van der Waals surface area contributed by atoms with Crippen LogP contribution in [0.2, 0.25) is 5.02 Å². The Morgan fingerprint density at radius 2 is 2.09 bits per heavy atom. The molecule has 1 aliphatic heterocycles. The van der Waals surface area contributed by atoms with E-state index < -0.39 is 0 Å². The minimum Gasteiger partial charge on any atom is -0.342 e. The van der Waals surface area contributed by atoms with Crippen LogP contribution in [0.25, 0.3) is 15.7 Å². The van der Waals surface area contributed by atoms with Crippen molar-refractivity contribution in [3.05, 3.63) is 46.2 Å².